The zero-order chi connectivity index (χ0) is 17.9. The fourth-order valence-electron chi connectivity index (χ4n) is 2.12. The average molecular weight is 348 g/mol. The highest BCUT2D eigenvalue weighted by Crippen LogP contribution is 2.31. The van der Waals surface area contributed by atoms with Crippen LogP contribution in [-0.4, -0.2) is 15.0 Å². The van der Waals surface area contributed by atoms with Crippen molar-refractivity contribution in [2.75, 3.05) is 5.32 Å². The van der Waals surface area contributed by atoms with E-state index in [1.165, 1.54) is 12.1 Å². The van der Waals surface area contributed by atoms with E-state index in [4.69, 9.17) is 0 Å². The number of benzene rings is 1. The van der Waals surface area contributed by atoms with Crippen molar-refractivity contribution in [1.29, 1.82) is 0 Å². The Morgan fingerprint density at radius 1 is 1.00 bits per heavy atom. The second kappa shape index (κ2) is 6.84. The zero-order valence-electron chi connectivity index (χ0n) is 12.8. The van der Waals surface area contributed by atoms with E-state index in [2.05, 4.69) is 20.3 Å². The minimum atomic E-state index is -4.62. The molecule has 3 aromatic rings. The maximum atomic E-state index is 13.1. The topological polar surface area (TPSA) is 50.7 Å². The first-order chi connectivity index (χ1) is 11.9. The fraction of sp³-hybridized carbons (Fsp3) is 0.118. The van der Waals surface area contributed by atoms with Gasteiger partial charge in [0.25, 0.3) is 0 Å². The molecule has 0 atom stereocenters. The molecule has 1 N–H and O–H groups in total. The number of hydrogen-bond acceptors (Lipinski definition) is 4. The Labute approximate surface area is 140 Å². The van der Waals surface area contributed by atoms with Crippen LogP contribution in [0.15, 0.2) is 54.9 Å². The number of rotatable bonds is 4. The Morgan fingerprint density at radius 2 is 1.76 bits per heavy atom. The van der Waals surface area contributed by atoms with Gasteiger partial charge in [-0.25, -0.2) is 14.4 Å². The van der Waals surface area contributed by atoms with Crippen LogP contribution in [-0.2, 0) is 12.7 Å². The molecule has 0 spiro atoms. The Morgan fingerprint density at radius 3 is 2.40 bits per heavy atom. The highest BCUT2D eigenvalue weighted by atomic mass is 19.4. The number of nitrogens with zero attached hydrogens (tertiary/aromatic N) is 3. The molecule has 8 heteroatoms. The number of anilines is 1. The fourth-order valence-corrected chi connectivity index (χ4v) is 2.12. The molecule has 0 radical (unpaired) electrons. The molecule has 1 aromatic carbocycles. The first-order valence-electron chi connectivity index (χ1n) is 7.27. The van der Waals surface area contributed by atoms with Gasteiger partial charge in [0.1, 0.15) is 5.82 Å². The molecule has 0 fully saturated rings. The summed E-state index contributed by atoms with van der Waals surface area (Å²) >= 11 is 0. The van der Waals surface area contributed by atoms with Gasteiger partial charge in [-0.15, -0.1) is 0 Å². The lowest BCUT2D eigenvalue weighted by molar-refractivity contribution is -0.141. The van der Waals surface area contributed by atoms with Crippen molar-refractivity contribution in [3.63, 3.8) is 0 Å². The molecule has 3 rings (SSSR count). The van der Waals surface area contributed by atoms with Crippen molar-refractivity contribution in [2.24, 2.45) is 0 Å². The number of pyridine rings is 1. The predicted octanol–water partition coefficient (Wildman–Crippen LogP) is 4.31. The van der Waals surface area contributed by atoms with Gasteiger partial charge in [-0.1, -0.05) is 6.07 Å². The summed E-state index contributed by atoms with van der Waals surface area (Å²) < 4.78 is 52.3. The summed E-state index contributed by atoms with van der Waals surface area (Å²) in [5.41, 5.74) is 0.108. The van der Waals surface area contributed by atoms with E-state index >= 15 is 0 Å². The van der Waals surface area contributed by atoms with Crippen molar-refractivity contribution in [3.8, 4) is 11.3 Å². The van der Waals surface area contributed by atoms with Crippen LogP contribution in [0.5, 0.6) is 0 Å². The number of nitrogens with one attached hydrogen (secondary N) is 1. The summed E-state index contributed by atoms with van der Waals surface area (Å²) in [4.78, 5) is 11.5. The van der Waals surface area contributed by atoms with Gasteiger partial charge in [-0.2, -0.15) is 13.2 Å². The molecule has 4 nitrogen and oxygen atoms in total. The maximum absolute atomic E-state index is 13.1. The minimum absolute atomic E-state index is 0.0519. The Hall–Kier alpha value is -3.03. The second-order valence-corrected chi connectivity index (χ2v) is 5.18. The number of halogens is 4. The lowest BCUT2D eigenvalue weighted by Gasteiger charge is -2.12. The van der Waals surface area contributed by atoms with Crippen LogP contribution >= 0.6 is 0 Å². The standard InChI is InChI=1S/C17H12F4N4/c18-13-5-3-12(4-6-13)14-8-15(17(19,20)21)25-16(24-14)23-10-11-2-1-7-22-9-11/h1-9H,10H2,(H,23,24,25). The van der Waals surface area contributed by atoms with Crippen molar-refractivity contribution in [1.82, 2.24) is 15.0 Å². The van der Waals surface area contributed by atoms with E-state index in [0.717, 1.165) is 23.8 Å². The van der Waals surface area contributed by atoms with Crippen molar-refractivity contribution >= 4 is 5.95 Å². The Kier molecular flexibility index (Phi) is 4.60. The number of alkyl halides is 3. The molecule has 0 amide bonds. The smallest absolute Gasteiger partial charge is 0.350 e. The summed E-state index contributed by atoms with van der Waals surface area (Å²) in [5.74, 6) is -0.651. The van der Waals surface area contributed by atoms with Gasteiger partial charge in [0.05, 0.1) is 5.69 Å². The molecule has 2 aromatic heterocycles. The van der Waals surface area contributed by atoms with E-state index < -0.39 is 17.7 Å². The summed E-state index contributed by atoms with van der Waals surface area (Å²) in [6, 6.07) is 9.37. The summed E-state index contributed by atoms with van der Waals surface area (Å²) in [6.07, 6.45) is -1.44. The minimum Gasteiger partial charge on any atom is -0.350 e. The third-order valence-electron chi connectivity index (χ3n) is 3.33. The van der Waals surface area contributed by atoms with Crippen LogP contribution in [0.2, 0.25) is 0 Å². The summed E-state index contributed by atoms with van der Waals surface area (Å²) in [5, 5.41) is 2.76. The van der Waals surface area contributed by atoms with Crippen LogP contribution in [0.1, 0.15) is 11.3 Å². The maximum Gasteiger partial charge on any atom is 0.433 e. The third kappa shape index (κ3) is 4.28. The number of hydrogen-bond donors (Lipinski definition) is 1. The van der Waals surface area contributed by atoms with E-state index in [9.17, 15) is 17.6 Å². The summed E-state index contributed by atoms with van der Waals surface area (Å²) in [7, 11) is 0. The highest BCUT2D eigenvalue weighted by Gasteiger charge is 2.33. The number of aromatic nitrogens is 3. The monoisotopic (exact) mass is 348 g/mol. The molecule has 0 aliphatic carbocycles. The van der Waals surface area contributed by atoms with Crippen molar-refractivity contribution in [3.05, 3.63) is 71.9 Å². The molecule has 0 bridgehead atoms. The normalized spacial score (nSPS) is 11.4. The highest BCUT2D eigenvalue weighted by molar-refractivity contribution is 5.61. The molecular weight excluding hydrogens is 336 g/mol. The first kappa shape index (κ1) is 16.8. The molecular formula is C17H12F4N4. The van der Waals surface area contributed by atoms with Gasteiger partial charge in [0.2, 0.25) is 5.95 Å². The van der Waals surface area contributed by atoms with Gasteiger partial charge in [0.15, 0.2) is 5.69 Å². The Balaban J connectivity index is 1.94. The molecule has 0 unspecified atom stereocenters. The first-order valence-corrected chi connectivity index (χ1v) is 7.27. The molecule has 0 saturated heterocycles. The largest absolute Gasteiger partial charge is 0.433 e. The van der Waals surface area contributed by atoms with Gasteiger partial charge >= 0.3 is 6.18 Å². The van der Waals surface area contributed by atoms with E-state index in [1.54, 1.807) is 24.5 Å². The van der Waals surface area contributed by atoms with Gasteiger partial charge < -0.3 is 5.32 Å². The van der Waals surface area contributed by atoms with Gasteiger partial charge in [0, 0.05) is 24.5 Å². The van der Waals surface area contributed by atoms with Crippen molar-refractivity contribution in [2.45, 2.75) is 12.7 Å². The molecule has 128 valence electrons. The predicted molar refractivity (Wildman–Crippen MR) is 84.0 cm³/mol. The molecule has 0 aliphatic heterocycles. The second-order valence-electron chi connectivity index (χ2n) is 5.18. The third-order valence-corrected chi connectivity index (χ3v) is 3.33. The molecule has 0 aliphatic rings. The quantitative estimate of drug-likeness (QED) is 0.714. The van der Waals surface area contributed by atoms with Crippen LogP contribution in [0.4, 0.5) is 23.5 Å². The van der Waals surface area contributed by atoms with E-state index in [1.807, 2.05) is 0 Å². The van der Waals surface area contributed by atoms with Crippen LogP contribution in [0, 0.1) is 5.82 Å². The van der Waals surface area contributed by atoms with Gasteiger partial charge in [-0.05, 0) is 42.0 Å². The lowest BCUT2D eigenvalue weighted by Crippen LogP contribution is -2.12. The lowest BCUT2D eigenvalue weighted by atomic mass is 10.1. The zero-order valence-corrected chi connectivity index (χ0v) is 12.8. The van der Waals surface area contributed by atoms with Crippen LogP contribution in [0.25, 0.3) is 11.3 Å². The molecule has 2 heterocycles. The molecule has 0 saturated carbocycles. The molecule has 25 heavy (non-hydrogen) atoms. The van der Waals surface area contributed by atoms with E-state index in [-0.39, 0.29) is 18.2 Å². The average Bonchev–Trinajstić information content (AvgIpc) is 2.60. The Bertz CT molecular complexity index is 849. The van der Waals surface area contributed by atoms with Gasteiger partial charge in [-0.3, -0.25) is 4.98 Å². The van der Waals surface area contributed by atoms with E-state index in [0.29, 0.717) is 5.56 Å². The summed E-state index contributed by atoms with van der Waals surface area (Å²) in [6.45, 7) is 0.220. The van der Waals surface area contributed by atoms with Crippen molar-refractivity contribution < 1.29 is 17.6 Å². The van der Waals surface area contributed by atoms with Crippen LogP contribution in [0.3, 0.4) is 0 Å². The SMILES string of the molecule is Fc1ccc(-c2cc(C(F)(F)F)nc(NCc3cccnc3)n2)cc1. The van der Waals surface area contributed by atoms with Crippen LogP contribution < -0.4 is 5.32 Å².